The molecule has 0 unspecified atom stereocenters. The third kappa shape index (κ3) is 2.00. The first-order chi connectivity index (χ1) is 10.7. The molecule has 116 valence electrons. The molecule has 1 aliphatic carbocycles. The van der Waals surface area contributed by atoms with Gasteiger partial charge in [-0.3, -0.25) is 14.2 Å². The number of hydrogen-bond acceptors (Lipinski definition) is 4. The molecule has 3 heterocycles. The van der Waals surface area contributed by atoms with Gasteiger partial charge in [-0.1, -0.05) is 6.42 Å². The first kappa shape index (κ1) is 13.9. The van der Waals surface area contributed by atoms with Gasteiger partial charge >= 0.3 is 0 Å². The van der Waals surface area contributed by atoms with Crippen molar-refractivity contribution in [2.45, 2.75) is 44.6 Å². The van der Waals surface area contributed by atoms with E-state index in [0.717, 1.165) is 29.5 Å². The summed E-state index contributed by atoms with van der Waals surface area (Å²) in [5.74, 6) is 0.0181. The van der Waals surface area contributed by atoms with Crippen LogP contribution in [0, 0.1) is 0 Å². The van der Waals surface area contributed by atoms with E-state index in [1.165, 1.54) is 23.3 Å². The number of nitrogens with zero attached hydrogens (tertiary/aromatic N) is 3. The van der Waals surface area contributed by atoms with Crippen LogP contribution >= 0.6 is 11.3 Å². The zero-order chi connectivity index (χ0) is 15.3. The molecule has 0 radical (unpaired) electrons. The highest BCUT2D eigenvalue weighted by Crippen LogP contribution is 2.33. The lowest BCUT2D eigenvalue weighted by molar-refractivity contribution is -0.129. The summed E-state index contributed by atoms with van der Waals surface area (Å²) in [6.45, 7) is 0.704. The number of fused-ring (bicyclic) bond motifs is 3. The number of aromatic nitrogens is 2. The van der Waals surface area contributed by atoms with Gasteiger partial charge in [0.2, 0.25) is 5.91 Å². The summed E-state index contributed by atoms with van der Waals surface area (Å²) < 4.78 is 1.56. The van der Waals surface area contributed by atoms with Crippen molar-refractivity contribution < 1.29 is 4.79 Å². The predicted molar refractivity (Wildman–Crippen MR) is 86.4 cm³/mol. The van der Waals surface area contributed by atoms with Gasteiger partial charge in [-0.2, -0.15) is 0 Å². The Morgan fingerprint density at radius 1 is 1.23 bits per heavy atom. The molecule has 1 amide bonds. The van der Waals surface area contributed by atoms with Gasteiger partial charge < -0.3 is 4.90 Å². The lowest BCUT2D eigenvalue weighted by Crippen LogP contribution is -2.31. The number of carbonyl (C=O) groups excluding carboxylic acids is 1. The van der Waals surface area contributed by atoms with E-state index in [-0.39, 0.29) is 17.5 Å². The van der Waals surface area contributed by atoms with E-state index < -0.39 is 0 Å². The molecule has 0 bridgehead atoms. The molecule has 1 fully saturated rings. The number of amides is 1. The molecule has 22 heavy (non-hydrogen) atoms. The molecule has 0 spiro atoms. The third-order valence-corrected chi connectivity index (χ3v) is 6.09. The maximum absolute atomic E-state index is 13.0. The van der Waals surface area contributed by atoms with E-state index in [1.54, 1.807) is 34.2 Å². The van der Waals surface area contributed by atoms with Gasteiger partial charge in [0.25, 0.3) is 5.56 Å². The Morgan fingerprint density at radius 2 is 2.05 bits per heavy atom. The molecular formula is C16H19N3O2S. The summed E-state index contributed by atoms with van der Waals surface area (Å²) in [4.78, 5) is 33.5. The molecule has 0 aromatic carbocycles. The molecular weight excluding hydrogens is 298 g/mol. The summed E-state index contributed by atoms with van der Waals surface area (Å²) in [6.07, 6.45) is 7.84. The van der Waals surface area contributed by atoms with E-state index in [1.807, 2.05) is 0 Å². The molecule has 1 atom stereocenters. The average molecular weight is 317 g/mol. The summed E-state index contributed by atoms with van der Waals surface area (Å²) >= 11 is 1.66. The quantitative estimate of drug-likeness (QED) is 0.757. The maximum atomic E-state index is 13.0. The fourth-order valence-electron chi connectivity index (χ4n) is 3.62. The van der Waals surface area contributed by atoms with Crippen LogP contribution in [0.3, 0.4) is 0 Å². The van der Waals surface area contributed by atoms with Crippen LogP contribution in [-0.2, 0) is 17.6 Å². The van der Waals surface area contributed by atoms with Gasteiger partial charge in [0.05, 0.1) is 11.7 Å². The van der Waals surface area contributed by atoms with Crippen molar-refractivity contribution in [3.63, 3.8) is 0 Å². The van der Waals surface area contributed by atoms with Crippen molar-refractivity contribution >= 4 is 27.5 Å². The van der Waals surface area contributed by atoms with E-state index in [0.29, 0.717) is 13.0 Å². The Balaban J connectivity index is 1.88. The largest absolute Gasteiger partial charge is 0.344 e. The van der Waals surface area contributed by atoms with E-state index in [4.69, 9.17) is 0 Å². The van der Waals surface area contributed by atoms with E-state index in [9.17, 15) is 9.59 Å². The highest BCUT2D eigenvalue weighted by Gasteiger charge is 2.32. The number of hydrogen-bond donors (Lipinski definition) is 0. The molecule has 2 aromatic rings. The minimum atomic E-state index is -0.379. The molecule has 6 heteroatoms. The fourth-order valence-corrected chi connectivity index (χ4v) is 4.84. The third-order valence-electron chi connectivity index (χ3n) is 4.89. The van der Waals surface area contributed by atoms with Crippen molar-refractivity contribution in [1.29, 1.82) is 0 Å². The van der Waals surface area contributed by atoms with Crippen molar-refractivity contribution in [2.24, 2.45) is 0 Å². The van der Waals surface area contributed by atoms with Crippen LogP contribution in [0.4, 0.5) is 0 Å². The molecule has 2 aromatic heterocycles. The molecule has 1 aliphatic heterocycles. The van der Waals surface area contributed by atoms with Gasteiger partial charge in [0.15, 0.2) is 0 Å². The van der Waals surface area contributed by atoms with Crippen LogP contribution in [0.5, 0.6) is 0 Å². The highest BCUT2D eigenvalue weighted by atomic mass is 32.1. The normalized spacial score (nSPS) is 22.1. The van der Waals surface area contributed by atoms with Crippen LogP contribution in [0.15, 0.2) is 11.1 Å². The van der Waals surface area contributed by atoms with Crippen LogP contribution in [0.25, 0.3) is 10.2 Å². The standard InChI is InChI=1S/C16H19N3O2S/c1-18-8-7-11(15(18)20)19-9-17-14-13(16(19)21)10-5-3-2-4-6-12(10)22-14/h9,11H,2-8H2,1H3/t11-/m0/s1. The smallest absolute Gasteiger partial charge is 0.263 e. The number of carbonyl (C=O) groups is 1. The SMILES string of the molecule is CN1CC[C@H](n2cnc3sc4c(c3c2=O)CCCCC4)C1=O. The zero-order valence-electron chi connectivity index (χ0n) is 12.7. The van der Waals surface area contributed by atoms with Crippen LogP contribution in [0.1, 0.15) is 42.2 Å². The van der Waals surface area contributed by atoms with Gasteiger partial charge in [-0.25, -0.2) is 4.98 Å². The van der Waals surface area contributed by atoms with Crippen molar-refractivity contribution in [2.75, 3.05) is 13.6 Å². The van der Waals surface area contributed by atoms with Gasteiger partial charge in [-0.15, -0.1) is 11.3 Å². The topological polar surface area (TPSA) is 55.2 Å². The zero-order valence-corrected chi connectivity index (χ0v) is 13.5. The molecule has 0 N–H and O–H groups in total. The van der Waals surface area contributed by atoms with Gasteiger partial charge in [0, 0.05) is 18.5 Å². The summed E-state index contributed by atoms with van der Waals surface area (Å²) in [5, 5.41) is 0.770. The van der Waals surface area contributed by atoms with Crippen LogP contribution in [0.2, 0.25) is 0 Å². The molecule has 2 aliphatic rings. The first-order valence-electron chi connectivity index (χ1n) is 7.93. The van der Waals surface area contributed by atoms with E-state index >= 15 is 0 Å². The monoisotopic (exact) mass is 317 g/mol. The molecule has 4 rings (SSSR count). The Labute approximate surface area is 132 Å². The van der Waals surface area contributed by atoms with Crippen LogP contribution < -0.4 is 5.56 Å². The second kappa shape index (κ2) is 5.19. The molecule has 0 saturated carbocycles. The van der Waals surface area contributed by atoms with Crippen molar-refractivity contribution in [1.82, 2.24) is 14.5 Å². The van der Waals surface area contributed by atoms with Gasteiger partial charge in [0.1, 0.15) is 10.9 Å². The Hall–Kier alpha value is -1.69. The fraction of sp³-hybridized carbons (Fsp3) is 0.562. The van der Waals surface area contributed by atoms with E-state index in [2.05, 4.69) is 4.98 Å². The van der Waals surface area contributed by atoms with Crippen molar-refractivity contribution in [3.05, 3.63) is 27.1 Å². The summed E-state index contributed by atoms with van der Waals surface area (Å²) in [5.41, 5.74) is 1.17. The molecule has 5 nitrogen and oxygen atoms in total. The number of likely N-dealkylation sites (tertiary alicyclic amines) is 1. The Morgan fingerprint density at radius 3 is 2.82 bits per heavy atom. The second-order valence-corrected chi connectivity index (χ2v) is 7.35. The number of rotatable bonds is 1. The Bertz CT molecular complexity index is 808. The number of aryl methyl sites for hydroxylation is 2. The minimum absolute atomic E-state index is 0.0181. The lowest BCUT2D eigenvalue weighted by atomic mass is 10.1. The molecule has 1 saturated heterocycles. The highest BCUT2D eigenvalue weighted by molar-refractivity contribution is 7.18. The number of thiophene rings is 1. The lowest BCUT2D eigenvalue weighted by Gasteiger charge is -2.13. The summed E-state index contributed by atoms with van der Waals surface area (Å²) in [6, 6.07) is -0.379. The Kier molecular flexibility index (Phi) is 3.29. The first-order valence-corrected chi connectivity index (χ1v) is 8.75. The van der Waals surface area contributed by atoms with Gasteiger partial charge in [-0.05, 0) is 37.7 Å². The van der Waals surface area contributed by atoms with Crippen molar-refractivity contribution in [3.8, 4) is 0 Å². The second-order valence-electron chi connectivity index (χ2n) is 6.27. The predicted octanol–water partition coefficient (Wildman–Crippen LogP) is 2.13. The summed E-state index contributed by atoms with van der Waals surface area (Å²) in [7, 11) is 1.79. The maximum Gasteiger partial charge on any atom is 0.263 e. The number of likely N-dealkylation sites (N-methyl/N-ethyl adjacent to an activating group) is 1. The minimum Gasteiger partial charge on any atom is -0.344 e. The average Bonchev–Trinajstić information content (AvgIpc) is 2.93. The van der Waals surface area contributed by atoms with Crippen LogP contribution in [-0.4, -0.2) is 34.0 Å².